The largest absolute Gasteiger partial charge is 0.268 e. The molecule has 23 heavy (non-hydrogen) atoms. The molecular formula is C19H18F2N2. The van der Waals surface area contributed by atoms with Crippen molar-refractivity contribution in [3.05, 3.63) is 77.0 Å². The summed E-state index contributed by atoms with van der Waals surface area (Å²) < 4.78 is 29.1. The van der Waals surface area contributed by atoms with Gasteiger partial charge in [-0.15, -0.1) is 0 Å². The van der Waals surface area contributed by atoms with Gasteiger partial charge in [-0.3, -0.25) is 4.68 Å². The summed E-state index contributed by atoms with van der Waals surface area (Å²) >= 11 is 0. The molecule has 0 aliphatic rings. The summed E-state index contributed by atoms with van der Waals surface area (Å²) in [6.07, 6.45) is 0.950. The molecule has 118 valence electrons. The monoisotopic (exact) mass is 312 g/mol. The second-order valence-corrected chi connectivity index (χ2v) is 5.69. The summed E-state index contributed by atoms with van der Waals surface area (Å²) in [6.45, 7) is 1.96. The Labute approximate surface area is 134 Å². The molecule has 0 N–H and O–H groups in total. The van der Waals surface area contributed by atoms with Crippen molar-refractivity contribution in [2.75, 3.05) is 0 Å². The second-order valence-electron chi connectivity index (χ2n) is 5.69. The molecule has 0 atom stereocenters. The minimum atomic E-state index is -0.480. The van der Waals surface area contributed by atoms with Gasteiger partial charge in [0.25, 0.3) is 0 Å². The molecule has 0 unspecified atom stereocenters. The highest BCUT2D eigenvalue weighted by Gasteiger charge is 2.09. The second kappa shape index (κ2) is 6.32. The highest BCUT2D eigenvalue weighted by molar-refractivity contribution is 5.60. The van der Waals surface area contributed by atoms with E-state index in [1.165, 1.54) is 18.2 Å². The molecule has 1 aromatic heterocycles. The minimum absolute atomic E-state index is 0.152. The molecule has 0 spiro atoms. The smallest absolute Gasteiger partial charge is 0.129 e. The van der Waals surface area contributed by atoms with E-state index in [2.05, 4.69) is 5.10 Å². The molecule has 0 fully saturated rings. The number of halogens is 2. The van der Waals surface area contributed by atoms with Gasteiger partial charge in [-0.25, -0.2) is 8.78 Å². The zero-order chi connectivity index (χ0) is 16.4. The number of aryl methyl sites for hydroxylation is 3. The van der Waals surface area contributed by atoms with Crippen LogP contribution >= 0.6 is 0 Å². The van der Waals surface area contributed by atoms with Crippen molar-refractivity contribution in [3.8, 4) is 11.3 Å². The van der Waals surface area contributed by atoms with E-state index in [4.69, 9.17) is 0 Å². The Balaban J connectivity index is 1.74. The summed E-state index contributed by atoms with van der Waals surface area (Å²) in [7, 11) is 1.91. The molecule has 0 amide bonds. The average Bonchev–Trinajstić information content (AvgIpc) is 2.86. The van der Waals surface area contributed by atoms with Gasteiger partial charge in [-0.1, -0.05) is 30.3 Å². The third-order valence-corrected chi connectivity index (χ3v) is 3.98. The van der Waals surface area contributed by atoms with Crippen molar-refractivity contribution in [2.45, 2.75) is 19.8 Å². The maximum absolute atomic E-state index is 13.6. The summed E-state index contributed by atoms with van der Waals surface area (Å²) in [5, 5.41) is 4.34. The van der Waals surface area contributed by atoms with Crippen molar-refractivity contribution < 1.29 is 8.78 Å². The third-order valence-electron chi connectivity index (χ3n) is 3.98. The van der Waals surface area contributed by atoms with Gasteiger partial charge in [0.2, 0.25) is 0 Å². The molecule has 0 bridgehead atoms. The molecule has 3 aromatic rings. The van der Waals surface area contributed by atoms with E-state index in [0.717, 1.165) is 22.5 Å². The molecule has 0 aliphatic carbocycles. The van der Waals surface area contributed by atoms with Crippen LogP contribution in [0.15, 0.2) is 48.5 Å². The summed E-state index contributed by atoms with van der Waals surface area (Å²) in [4.78, 5) is 0. The van der Waals surface area contributed by atoms with Crippen LogP contribution in [-0.2, 0) is 19.9 Å². The SMILES string of the molecule is Cc1cc(-c2ccc(CCc3c(F)cccc3F)cc2)n(C)n1. The molecule has 2 nitrogen and oxygen atoms in total. The predicted octanol–water partition coefficient (Wildman–Crippen LogP) is 4.46. The lowest BCUT2D eigenvalue weighted by molar-refractivity contribution is 0.554. The minimum Gasteiger partial charge on any atom is -0.268 e. The van der Waals surface area contributed by atoms with Gasteiger partial charge in [0, 0.05) is 12.6 Å². The molecule has 1 heterocycles. The maximum Gasteiger partial charge on any atom is 0.129 e. The summed E-state index contributed by atoms with van der Waals surface area (Å²) in [6, 6.07) is 14.0. The number of rotatable bonds is 4. The molecule has 0 aliphatic heterocycles. The van der Waals surface area contributed by atoms with Gasteiger partial charge < -0.3 is 0 Å². The van der Waals surface area contributed by atoms with Crippen molar-refractivity contribution in [1.29, 1.82) is 0 Å². The van der Waals surface area contributed by atoms with E-state index in [1.807, 2.05) is 49.0 Å². The first-order valence-corrected chi connectivity index (χ1v) is 7.57. The number of aromatic nitrogens is 2. The van der Waals surface area contributed by atoms with Gasteiger partial charge in [0.05, 0.1) is 11.4 Å². The zero-order valence-corrected chi connectivity index (χ0v) is 13.2. The molecule has 4 heteroatoms. The lowest BCUT2D eigenvalue weighted by atomic mass is 10.0. The molecule has 0 saturated carbocycles. The Morgan fingerprint density at radius 1 is 0.957 bits per heavy atom. The molecule has 0 saturated heterocycles. The fourth-order valence-corrected chi connectivity index (χ4v) is 2.76. The van der Waals surface area contributed by atoms with E-state index in [1.54, 1.807) is 0 Å². The normalized spacial score (nSPS) is 11.0. The van der Waals surface area contributed by atoms with Crippen molar-refractivity contribution in [2.24, 2.45) is 7.05 Å². The van der Waals surface area contributed by atoms with Crippen molar-refractivity contribution in [1.82, 2.24) is 9.78 Å². The van der Waals surface area contributed by atoms with Crippen LogP contribution in [0.3, 0.4) is 0 Å². The van der Waals surface area contributed by atoms with E-state index in [0.29, 0.717) is 12.8 Å². The highest BCUT2D eigenvalue weighted by atomic mass is 19.1. The van der Waals surface area contributed by atoms with Gasteiger partial charge in [-0.2, -0.15) is 5.10 Å². The number of hydrogen-bond donors (Lipinski definition) is 0. The van der Waals surface area contributed by atoms with Crippen LogP contribution in [-0.4, -0.2) is 9.78 Å². The Hall–Kier alpha value is -2.49. The number of hydrogen-bond acceptors (Lipinski definition) is 1. The third kappa shape index (κ3) is 3.31. The molecular weight excluding hydrogens is 294 g/mol. The summed E-state index contributed by atoms with van der Waals surface area (Å²) in [5.41, 5.74) is 4.30. The first kappa shape index (κ1) is 15.4. The lowest BCUT2D eigenvalue weighted by Crippen LogP contribution is -1.99. The maximum atomic E-state index is 13.6. The fraction of sp³-hybridized carbons (Fsp3) is 0.211. The quantitative estimate of drug-likeness (QED) is 0.695. The van der Waals surface area contributed by atoms with Crippen LogP contribution in [0.4, 0.5) is 8.78 Å². The van der Waals surface area contributed by atoms with Crippen LogP contribution in [0.2, 0.25) is 0 Å². The first-order valence-electron chi connectivity index (χ1n) is 7.57. The van der Waals surface area contributed by atoms with E-state index in [9.17, 15) is 8.78 Å². The fourth-order valence-electron chi connectivity index (χ4n) is 2.76. The van der Waals surface area contributed by atoms with Crippen LogP contribution in [0.5, 0.6) is 0 Å². The van der Waals surface area contributed by atoms with Gasteiger partial charge in [-0.05, 0) is 49.1 Å². The highest BCUT2D eigenvalue weighted by Crippen LogP contribution is 2.21. The van der Waals surface area contributed by atoms with Crippen molar-refractivity contribution >= 4 is 0 Å². The number of nitrogens with zero attached hydrogens (tertiary/aromatic N) is 2. The van der Waals surface area contributed by atoms with Gasteiger partial charge in [0.1, 0.15) is 11.6 Å². The van der Waals surface area contributed by atoms with E-state index >= 15 is 0 Å². The Morgan fingerprint density at radius 3 is 2.17 bits per heavy atom. The van der Waals surface area contributed by atoms with Crippen LogP contribution in [0.1, 0.15) is 16.8 Å². The molecule has 3 rings (SSSR count). The van der Waals surface area contributed by atoms with Crippen molar-refractivity contribution in [3.63, 3.8) is 0 Å². The molecule has 0 radical (unpaired) electrons. The Morgan fingerprint density at radius 2 is 1.61 bits per heavy atom. The topological polar surface area (TPSA) is 17.8 Å². The van der Waals surface area contributed by atoms with Gasteiger partial charge in [0.15, 0.2) is 0 Å². The van der Waals surface area contributed by atoms with Crippen LogP contribution in [0, 0.1) is 18.6 Å². The van der Waals surface area contributed by atoms with Crippen LogP contribution in [0.25, 0.3) is 11.3 Å². The summed E-state index contributed by atoms with van der Waals surface area (Å²) in [5.74, 6) is -0.959. The zero-order valence-electron chi connectivity index (χ0n) is 13.2. The van der Waals surface area contributed by atoms with Crippen LogP contribution < -0.4 is 0 Å². The average molecular weight is 312 g/mol. The predicted molar refractivity (Wildman–Crippen MR) is 87.1 cm³/mol. The Bertz CT molecular complexity index is 800. The molecule has 2 aromatic carbocycles. The standard InChI is InChI=1S/C19H18F2N2/c1-13-12-19(23(2)22-13)15-9-6-14(7-10-15)8-11-16-17(20)4-3-5-18(16)21/h3-7,9-10,12H,8,11H2,1-2H3. The van der Waals surface area contributed by atoms with E-state index in [-0.39, 0.29) is 5.56 Å². The number of benzene rings is 2. The first-order chi connectivity index (χ1) is 11.0. The van der Waals surface area contributed by atoms with Gasteiger partial charge >= 0.3 is 0 Å². The lowest BCUT2D eigenvalue weighted by Gasteiger charge is -2.07. The Kier molecular flexibility index (Phi) is 4.24. The van der Waals surface area contributed by atoms with E-state index < -0.39 is 11.6 Å².